The van der Waals surface area contributed by atoms with Crippen molar-refractivity contribution in [3.05, 3.63) is 47.8 Å². The van der Waals surface area contributed by atoms with Gasteiger partial charge in [0.15, 0.2) is 5.78 Å². The summed E-state index contributed by atoms with van der Waals surface area (Å²) in [6.45, 7) is 4.88. The fourth-order valence-corrected chi connectivity index (χ4v) is 7.87. The van der Waals surface area contributed by atoms with E-state index in [0.29, 0.717) is 17.6 Å². The van der Waals surface area contributed by atoms with E-state index in [1.165, 1.54) is 18.4 Å². The molecular formula is C27H35NO2. The average molecular weight is 406 g/mol. The van der Waals surface area contributed by atoms with Gasteiger partial charge in [-0.3, -0.25) is 9.78 Å². The summed E-state index contributed by atoms with van der Waals surface area (Å²) >= 11 is 0. The van der Waals surface area contributed by atoms with Crippen LogP contribution in [-0.4, -0.2) is 22.0 Å². The number of fused-ring (bicyclic) bond motifs is 5. The average Bonchev–Trinajstić information content (AvgIpc) is 3.10. The highest BCUT2D eigenvalue weighted by molar-refractivity contribution is 5.96. The second-order valence-corrected chi connectivity index (χ2v) is 10.8. The molecule has 0 aromatic carbocycles. The Morgan fingerprint density at radius 2 is 2.00 bits per heavy atom. The van der Waals surface area contributed by atoms with Crippen molar-refractivity contribution >= 4 is 11.9 Å². The SMILES string of the molecule is C[C@]12CCC(O)CC1=CC[C@@H]1[C@@H]2CC[C@]2(C)C(C(=O)C=Cc3ccccn3)CC[C@@H]12. The number of carbonyl (C=O) groups is 1. The molecule has 0 aliphatic heterocycles. The number of pyridine rings is 1. The van der Waals surface area contributed by atoms with E-state index in [9.17, 15) is 9.90 Å². The first kappa shape index (κ1) is 20.2. The molecule has 3 fully saturated rings. The van der Waals surface area contributed by atoms with Crippen LogP contribution in [-0.2, 0) is 4.79 Å². The number of carbonyl (C=O) groups excluding carboxylic acids is 1. The summed E-state index contributed by atoms with van der Waals surface area (Å²) in [4.78, 5) is 17.5. The second-order valence-electron chi connectivity index (χ2n) is 10.8. The monoisotopic (exact) mass is 405 g/mol. The summed E-state index contributed by atoms with van der Waals surface area (Å²) in [7, 11) is 0. The standard InChI is InChI=1S/C27H35NO2/c1-26-14-12-20(29)17-18(26)6-8-21-22-9-10-24(27(22,2)15-13-23(21)26)25(30)11-7-19-5-3-4-16-28-19/h3-7,11,16,20-24,29H,8-10,12-15,17H2,1-2H3/t20?,21-,22-,23-,24?,26-,27-/m0/s1. The molecule has 4 aliphatic carbocycles. The van der Waals surface area contributed by atoms with Crippen molar-refractivity contribution in [1.29, 1.82) is 0 Å². The van der Waals surface area contributed by atoms with Gasteiger partial charge in [-0.05, 0) is 104 Å². The molecule has 160 valence electrons. The molecule has 30 heavy (non-hydrogen) atoms. The number of ketones is 1. The van der Waals surface area contributed by atoms with Crippen molar-refractivity contribution in [3.8, 4) is 0 Å². The first-order valence-corrected chi connectivity index (χ1v) is 11.9. The molecule has 3 heteroatoms. The molecule has 0 spiro atoms. The normalized spacial score (nSPS) is 42.9. The van der Waals surface area contributed by atoms with Gasteiger partial charge in [0.25, 0.3) is 0 Å². The largest absolute Gasteiger partial charge is 0.393 e. The Labute approximate surface area is 180 Å². The predicted octanol–water partition coefficient (Wildman–Crippen LogP) is 5.60. The highest BCUT2D eigenvalue weighted by atomic mass is 16.3. The molecule has 3 saturated carbocycles. The number of rotatable bonds is 3. The van der Waals surface area contributed by atoms with Crippen LogP contribution in [0.5, 0.6) is 0 Å². The lowest BCUT2D eigenvalue weighted by molar-refractivity contribution is -0.124. The number of aliphatic hydroxyl groups is 1. The molecule has 0 saturated heterocycles. The maximum Gasteiger partial charge on any atom is 0.159 e. The van der Waals surface area contributed by atoms with E-state index >= 15 is 0 Å². The summed E-state index contributed by atoms with van der Waals surface area (Å²) < 4.78 is 0. The molecule has 0 amide bonds. The van der Waals surface area contributed by atoms with E-state index in [4.69, 9.17) is 0 Å². The van der Waals surface area contributed by atoms with E-state index in [1.807, 2.05) is 24.3 Å². The van der Waals surface area contributed by atoms with Gasteiger partial charge in [0.05, 0.1) is 11.8 Å². The Bertz CT molecular complexity index is 874. The maximum atomic E-state index is 13.2. The lowest BCUT2D eigenvalue weighted by Gasteiger charge is -2.57. The summed E-state index contributed by atoms with van der Waals surface area (Å²) in [6, 6.07) is 5.81. The van der Waals surface area contributed by atoms with Gasteiger partial charge in [-0.25, -0.2) is 0 Å². The minimum atomic E-state index is -0.144. The van der Waals surface area contributed by atoms with E-state index in [1.54, 1.807) is 12.3 Å². The topological polar surface area (TPSA) is 50.2 Å². The summed E-state index contributed by atoms with van der Waals surface area (Å²) in [5.74, 6) is 2.51. The van der Waals surface area contributed by atoms with Crippen molar-refractivity contribution < 1.29 is 9.90 Å². The van der Waals surface area contributed by atoms with E-state index in [0.717, 1.165) is 50.1 Å². The zero-order chi connectivity index (χ0) is 20.9. The number of hydrogen-bond donors (Lipinski definition) is 1. The van der Waals surface area contributed by atoms with Crippen LogP contribution in [0.1, 0.15) is 70.9 Å². The number of nitrogens with zero attached hydrogens (tertiary/aromatic N) is 1. The first-order valence-electron chi connectivity index (χ1n) is 11.9. The van der Waals surface area contributed by atoms with Gasteiger partial charge in [-0.1, -0.05) is 31.6 Å². The van der Waals surface area contributed by atoms with Crippen LogP contribution < -0.4 is 0 Å². The lowest BCUT2D eigenvalue weighted by Crippen LogP contribution is -2.50. The van der Waals surface area contributed by atoms with Gasteiger partial charge in [0.2, 0.25) is 0 Å². The molecule has 1 N–H and O–H groups in total. The second kappa shape index (κ2) is 7.44. The molecule has 0 bridgehead atoms. The smallest absolute Gasteiger partial charge is 0.159 e. The van der Waals surface area contributed by atoms with Gasteiger partial charge < -0.3 is 5.11 Å². The summed E-state index contributed by atoms with van der Waals surface area (Å²) in [5.41, 5.74) is 2.77. The van der Waals surface area contributed by atoms with E-state index in [-0.39, 0.29) is 22.9 Å². The number of aromatic nitrogens is 1. The molecule has 0 radical (unpaired) electrons. The molecule has 4 aliphatic rings. The van der Waals surface area contributed by atoms with Gasteiger partial charge in [0, 0.05) is 12.1 Å². The van der Waals surface area contributed by atoms with Crippen LogP contribution in [0.25, 0.3) is 6.08 Å². The fourth-order valence-electron chi connectivity index (χ4n) is 7.87. The number of hydrogen-bond acceptors (Lipinski definition) is 3. The van der Waals surface area contributed by atoms with Crippen LogP contribution in [0.15, 0.2) is 42.1 Å². The molecule has 1 aromatic rings. The fraction of sp³-hybridized carbons (Fsp3) is 0.630. The molecule has 5 rings (SSSR count). The Kier molecular flexibility index (Phi) is 5.01. The van der Waals surface area contributed by atoms with Crippen LogP contribution in [0.2, 0.25) is 0 Å². The van der Waals surface area contributed by atoms with Crippen molar-refractivity contribution in [2.45, 2.75) is 71.3 Å². The lowest BCUT2D eigenvalue weighted by atomic mass is 9.47. The third kappa shape index (κ3) is 3.12. The van der Waals surface area contributed by atoms with Gasteiger partial charge in [0.1, 0.15) is 0 Å². The molecular weight excluding hydrogens is 370 g/mol. The van der Waals surface area contributed by atoms with Gasteiger partial charge in [-0.2, -0.15) is 0 Å². The predicted molar refractivity (Wildman–Crippen MR) is 119 cm³/mol. The van der Waals surface area contributed by atoms with Crippen molar-refractivity contribution in [1.82, 2.24) is 4.98 Å². The van der Waals surface area contributed by atoms with Crippen molar-refractivity contribution in [2.24, 2.45) is 34.5 Å². The Morgan fingerprint density at radius 1 is 1.13 bits per heavy atom. The van der Waals surface area contributed by atoms with Crippen LogP contribution in [0.3, 0.4) is 0 Å². The summed E-state index contributed by atoms with van der Waals surface area (Å²) in [5, 5.41) is 10.2. The van der Waals surface area contributed by atoms with Crippen molar-refractivity contribution in [2.75, 3.05) is 0 Å². The Balaban J connectivity index is 1.36. The highest BCUT2D eigenvalue weighted by Gasteiger charge is 2.59. The number of aliphatic hydroxyl groups excluding tert-OH is 1. The first-order chi connectivity index (χ1) is 14.4. The van der Waals surface area contributed by atoms with Crippen LogP contribution >= 0.6 is 0 Å². The molecule has 1 aromatic heterocycles. The molecule has 2 unspecified atom stereocenters. The minimum absolute atomic E-state index is 0.128. The number of allylic oxidation sites excluding steroid dienone is 2. The molecule has 3 nitrogen and oxygen atoms in total. The molecule has 7 atom stereocenters. The zero-order valence-electron chi connectivity index (χ0n) is 18.4. The zero-order valence-corrected chi connectivity index (χ0v) is 18.4. The minimum Gasteiger partial charge on any atom is -0.393 e. The van der Waals surface area contributed by atoms with E-state index < -0.39 is 0 Å². The molecule has 1 heterocycles. The van der Waals surface area contributed by atoms with Gasteiger partial charge in [-0.15, -0.1) is 0 Å². The third-order valence-corrected chi connectivity index (χ3v) is 9.53. The Hall–Kier alpha value is -1.74. The van der Waals surface area contributed by atoms with Crippen LogP contribution in [0, 0.1) is 34.5 Å². The van der Waals surface area contributed by atoms with Gasteiger partial charge >= 0.3 is 0 Å². The van der Waals surface area contributed by atoms with Crippen LogP contribution in [0.4, 0.5) is 0 Å². The Morgan fingerprint density at radius 3 is 2.80 bits per heavy atom. The highest BCUT2D eigenvalue weighted by Crippen LogP contribution is 2.66. The van der Waals surface area contributed by atoms with E-state index in [2.05, 4.69) is 24.9 Å². The van der Waals surface area contributed by atoms with Crippen molar-refractivity contribution in [3.63, 3.8) is 0 Å². The summed E-state index contributed by atoms with van der Waals surface area (Å²) in [6.07, 6.45) is 16.5. The quantitative estimate of drug-likeness (QED) is 0.526. The third-order valence-electron chi connectivity index (χ3n) is 9.53. The maximum absolute atomic E-state index is 13.2.